The Labute approximate surface area is 116 Å². The predicted molar refractivity (Wildman–Crippen MR) is 77.9 cm³/mol. The number of hydrogen-bond acceptors (Lipinski definition) is 2. The van der Waals surface area contributed by atoms with Gasteiger partial charge in [-0.15, -0.1) is 0 Å². The van der Waals surface area contributed by atoms with Gasteiger partial charge in [-0.1, -0.05) is 15.9 Å². The molecule has 0 aliphatic carbocycles. The summed E-state index contributed by atoms with van der Waals surface area (Å²) in [5.74, 6) is 0.0999. The molecule has 1 atom stereocenters. The Morgan fingerprint density at radius 2 is 2.11 bits per heavy atom. The molecule has 4 heteroatoms. The third kappa shape index (κ3) is 3.33. The molecular formula is C14H19BrN2O. The molecule has 1 unspecified atom stereocenters. The average molecular weight is 311 g/mol. The van der Waals surface area contributed by atoms with Crippen LogP contribution < -0.4 is 10.6 Å². The molecule has 1 aromatic carbocycles. The van der Waals surface area contributed by atoms with Crippen molar-refractivity contribution < 1.29 is 4.79 Å². The van der Waals surface area contributed by atoms with Crippen molar-refractivity contribution in [2.24, 2.45) is 0 Å². The van der Waals surface area contributed by atoms with E-state index in [0.717, 1.165) is 34.3 Å². The van der Waals surface area contributed by atoms with Gasteiger partial charge in [0.2, 0.25) is 5.91 Å². The van der Waals surface area contributed by atoms with Crippen LogP contribution in [0.1, 0.15) is 30.4 Å². The van der Waals surface area contributed by atoms with E-state index in [9.17, 15) is 4.79 Å². The zero-order chi connectivity index (χ0) is 13.1. The molecule has 1 fully saturated rings. The molecule has 1 saturated heterocycles. The molecule has 0 saturated carbocycles. The van der Waals surface area contributed by atoms with Crippen molar-refractivity contribution in [1.82, 2.24) is 5.32 Å². The number of carbonyl (C=O) groups is 1. The maximum Gasteiger partial charge on any atom is 0.225 e. The van der Waals surface area contributed by atoms with Crippen LogP contribution in [0, 0.1) is 13.8 Å². The Balaban J connectivity index is 2.02. The predicted octanol–water partition coefficient (Wildman–Crippen LogP) is 3.15. The highest BCUT2D eigenvalue weighted by atomic mass is 79.9. The van der Waals surface area contributed by atoms with Gasteiger partial charge in [-0.25, -0.2) is 0 Å². The van der Waals surface area contributed by atoms with Gasteiger partial charge in [-0.05, 0) is 56.5 Å². The van der Waals surface area contributed by atoms with Crippen LogP contribution in [-0.4, -0.2) is 18.5 Å². The fraction of sp³-hybridized carbons (Fsp3) is 0.500. The van der Waals surface area contributed by atoms with Gasteiger partial charge in [0.1, 0.15) is 0 Å². The lowest BCUT2D eigenvalue weighted by Gasteiger charge is -2.14. The minimum Gasteiger partial charge on any atom is -0.326 e. The second-order valence-electron chi connectivity index (χ2n) is 4.96. The fourth-order valence-corrected chi connectivity index (χ4v) is 3.14. The first-order valence-corrected chi connectivity index (χ1v) is 7.15. The summed E-state index contributed by atoms with van der Waals surface area (Å²) < 4.78 is 1.05. The number of carbonyl (C=O) groups excluding carboxylic acids is 1. The maximum atomic E-state index is 12.0. The Hall–Kier alpha value is -0.870. The highest BCUT2D eigenvalue weighted by Gasteiger charge is 2.18. The molecular weight excluding hydrogens is 292 g/mol. The van der Waals surface area contributed by atoms with E-state index >= 15 is 0 Å². The van der Waals surface area contributed by atoms with Crippen LogP contribution in [0.5, 0.6) is 0 Å². The van der Waals surface area contributed by atoms with Crippen LogP contribution in [0.25, 0.3) is 0 Å². The zero-order valence-corrected chi connectivity index (χ0v) is 12.4. The lowest BCUT2D eigenvalue weighted by Crippen LogP contribution is -2.27. The van der Waals surface area contributed by atoms with E-state index in [1.165, 1.54) is 6.42 Å². The summed E-state index contributed by atoms with van der Waals surface area (Å²) in [7, 11) is 0. The molecule has 3 nitrogen and oxygen atoms in total. The van der Waals surface area contributed by atoms with Crippen LogP contribution in [0.15, 0.2) is 16.6 Å². The molecule has 1 aliphatic rings. The van der Waals surface area contributed by atoms with Crippen molar-refractivity contribution in [3.05, 3.63) is 27.7 Å². The lowest BCUT2D eigenvalue weighted by molar-refractivity contribution is -0.116. The highest BCUT2D eigenvalue weighted by molar-refractivity contribution is 9.10. The van der Waals surface area contributed by atoms with Crippen molar-refractivity contribution in [3.63, 3.8) is 0 Å². The number of benzene rings is 1. The minimum atomic E-state index is 0.0999. The van der Waals surface area contributed by atoms with Gasteiger partial charge in [-0.2, -0.15) is 0 Å². The third-order valence-corrected chi connectivity index (χ3v) is 3.81. The molecule has 0 spiro atoms. The first kappa shape index (κ1) is 13.6. The number of halogens is 1. The van der Waals surface area contributed by atoms with E-state index in [4.69, 9.17) is 0 Å². The van der Waals surface area contributed by atoms with Crippen molar-refractivity contribution >= 4 is 27.5 Å². The molecule has 0 bridgehead atoms. The number of hydrogen-bond donors (Lipinski definition) is 2. The van der Waals surface area contributed by atoms with Crippen LogP contribution in [0.4, 0.5) is 5.69 Å². The Morgan fingerprint density at radius 1 is 1.44 bits per heavy atom. The third-order valence-electron chi connectivity index (χ3n) is 3.36. The van der Waals surface area contributed by atoms with Crippen LogP contribution in [-0.2, 0) is 4.79 Å². The van der Waals surface area contributed by atoms with Crippen molar-refractivity contribution in [2.75, 3.05) is 11.9 Å². The van der Waals surface area contributed by atoms with E-state index in [1.54, 1.807) is 0 Å². The Bertz CT molecular complexity index is 430. The van der Waals surface area contributed by atoms with Gasteiger partial charge < -0.3 is 10.6 Å². The first-order chi connectivity index (χ1) is 8.56. The first-order valence-electron chi connectivity index (χ1n) is 6.36. The smallest absolute Gasteiger partial charge is 0.225 e. The van der Waals surface area contributed by atoms with Gasteiger partial charge in [-0.3, -0.25) is 4.79 Å². The topological polar surface area (TPSA) is 41.1 Å². The number of rotatable bonds is 3. The molecule has 0 radical (unpaired) electrons. The second-order valence-corrected chi connectivity index (χ2v) is 5.88. The van der Waals surface area contributed by atoms with Crippen LogP contribution in [0.3, 0.4) is 0 Å². The monoisotopic (exact) mass is 310 g/mol. The molecule has 98 valence electrons. The van der Waals surface area contributed by atoms with Crippen molar-refractivity contribution in [2.45, 2.75) is 39.2 Å². The number of amides is 1. The Morgan fingerprint density at radius 3 is 2.67 bits per heavy atom. The molecule has 1 amide bonds. The van der Waals surface area contributed by atoms with Gasteiger partial charge in [0, 0.05) is 22.6 Å². The van der Waals surface area contributed by atoms with Crippen molar-refractivity contribution in [3.8, 4) is 0 Å². The van der Waals surface area contributed by atoms with E-state index in [0.29, 0.717) is 12.5 Å². The van der Waals surface area contributed by atoms with E-state index < -0.39 is 0 Å². The molecule has 1 aromatic rings. The molecule has 1 aliphatic heterocycles. The minimum absolute atomic E-state index is 0.0999. The number of anilines is 1. The zero-order valence-electron chi connectivity index (χ0n) is 10.8. The maximum absolute atomic E-state index is 12.0. The van der Waals surface area contributed by atoms with Gasteiger partial charge in [0.15, 0.2) is 0 Å². The molecule has 18 heavy (non-hydrogen) atoms. The summed E-state index contributed by atoms with van der Waals surface area (Å²) >= 11 is 3.46. The van der Waals surface area contributed by atoms with Gasteiger partial charge >= 0.3 is 0 Å². The molecule has 2 rings (SSSR count). The summed E-state index contributed by atoms with van der Waals surface area (Å²) in [5.41, 5.74) is 3.13. The number of aryl methyl sites for hydroxylation is 2. The van der Waals surface area contributed by atoms with Gasteiger partial charge in [0.25, 0.3) is 0 Å². The molecule has 2 N–H and O–H groups in total. The molecule has 1 heterocycles. The largest absolute Gasteiger partial charge is 0.326 e. The summed E-state index contributed by atoms with van der Waals surface area (Å²) in [6.45, 7) is 5.07. The SMILES string of the molecule is Cc1cc(Br)cc(C)c1NC(=O)CC1CCCN1. The molecule has 0 aromatic heterocycles. The quantitative estimate of drug-likeness (QED) is 0.900. The fourth-order valence-electron chi connectivity index (χ4n) is 2.45. The van der Waals surface area contributed by atoms with Gasteiger partial charge in [0.05, 0.1) is 0 Å². The summed E-state index contributed by atoms with van der Waals surface area (Å²) in [5, 5.41) is 6.38. The van der Waals surface area contributed by atoms with E-state index in [1.807, 2.05) is 26.0 Å². The van der Waals surface area contributed by atoms with Crippen molar-refractivity contribution in [1.29, 1.82) is 0 Å². The van der Waals surface area contributed by atoms with Crippen LogP contribution in [0.2, 0.25) is 0 Å². The standard InChI is InChI=1S/C14H19BrN2O/c1-9-6-11(15)7-10(2)14(9)17-13(18)8-12-4-3-5-16-12/h6-7,12,16H,3-5,8H2,1-2H3,(H,17,18). The summed E-state index contributed by atoms with van der Waals surface area (Å²) in [4.78, 5) is 12.0. The van der Waals surface area contributed by atoms with E-state index in [2.05, 4.69) is 26.6 Å². The number of nitrogens with one attached hydrogen (secondary N) is 2. The second kappa shape index (κ2) is 5.85. The average Bonchev–Trinajstić information content (AvgIpc) is 2.76. The lowest BCUT2D eigenvalue weighted by atomic mass is 10.1. The highest BCUT2D eigenvalue weighted by Crippen LogP contribution is 2.25. The Kier molecular flexibility index (Phi) is 4.40. The summed E-state index contributed by atoms with van der Waals surface area (Å²) in [6, 6.07) is 4.40. The summed E-state index contributed by atoms with van der Waals surface area (Å²) in [6.07, 6.45) is 2.84. The van der Waals surface area contributed by atoms with Crippen LogP contribution >= 0.6 is 15.9 Å². The normalized spacial score (nSPS) is 18.9. The van der Waals surface area contributed by atoms with E-state index in [-0.39, 0.29) is 5.91 Å².